The van der Waals surface area contributed by atoms with Crippen LogP contribution in [0.5, 0.6) is 0 Å². The van der Waals surface area contributed by atoms with Gasteiger partial charge in [-0.05, 0) is 24.0 Å². The van der Waals surface area contributed by atoms with E-state index in [0.29, 0.717) is 12.3 Å². The monoisotopic (exact) mass is 307 g/mol. The summed E-state index contributed by atoms with van der Waals surface area (Å²) in [6, 6.07) is 4.97. The first kappa shape index (κ1) is 16.4. The zero-order valence-corrected chi connectivity index (χ0v) is 12.9. The Hall–Kier alpha value is -0.650. The van der Waals surface area contributed by atoms with Gasteiger partial charge < -0.3 is 0 Å². The maximum Gasteiger partial charge on any atom is 0.243 e. The van der Waals surface area contributed by atoms with Gasteiger partial charge in [-0.2, -0.15) is 0 Å². The number of hydrogen-bond donors (Lipinski definition) is 1. The minimum absolute atomic E-state index is 0.298. The Balaban J connectivity index is 3.05. The van der Waals surface area contributed by atoms with Gasteiger partial charge in [0.1, 0.15) is 10.7 Å². The topological polar surface area (TPSA) is 46.2 Å². The van der Waals surface area contributed by atoms with Crippen molar-refractivity contribution >= 4 is 21.6 Å². The molecule has 3 nitrogen and oxygen atoms in total. The molecule has 0 fully saturated rings. The molecule has 0 saturated carbocycles. The lowest BCUT2D eigenvalue weighted by atomic mass is 9.86. The Morgan fingerprint density at radius 1 is 1.32 bits per heavy atom. The summed E-state index contributed by atoms with van der Waals surface area (Å²) in [5.41, 5.74) is -0.298. The van der Waals surface area contributed by atoms with E-state index in [9.17, 15) is 12.8 Å². The second kappa shape index (κ2) is 6.20. The summed E-state index contributed by atoms with van der Waals surface area (Å²) in [6.07, 6.45) is 0.485. The highest BCUT2D eigenvalue weighted by Gasteiger charge is 2.30. The van der Waals surface area contributed by atoms with Gasteiger partial charge in [-0.25, -0.2) is 17.5 Å². The second-order valence-corrected chi connectivity index (χ2v) is 7.51. The van der Waals surface area contributed by atoms with Crippen LogP contribution >= 0.6 is 11.6 Å². The molecule has 0 aliphatic heterocycles. The molecule has 19 heavy (non-hydrogen) atoms. The molecule has 0 radical (unpaired) electrons. The summed E-state index contributed by atoms with van der Waals surface area (Å²) in [6.45, 7) is 5.73. The van der Waals surface area contributed by atoms with Crippen LogP contribution < -0.4 is 4.72 Å². The van der Waals surface area contributed by atoms with E-state index in [2.05, 4.69) is 4.72 Å². The van der Waals surface area contributed by atoms with Gasteiger partial charge in [0.25, 0.3) is 0 Å². The summed E-state index contributed by atoms with van der Waals surface area (Å²) in [7, 11) is -3.88. The Bertz CT molecular complexity index is 526. The smallest absolute Gasteiger partial charge is 0.207 e. The number of hydrogen-bond acceptors (Lipinski definition) is 2. The Kier molecular flexibility index (Phi) is 5.35. The minimum atomic E-state index is -3.88. The van der Waals surface area contributed by atoms with Crippen LogP contribution in [0.4, 0.5) is 4.39 Å². The molecule has 1 atom stereocenters. The van der Waals surface area contributed by atoms with E-state index < -0.39 is 15.8 Å². The summed E-state index contributed by atoms with van der Waals surface area (Å²) in [4.78, 5) is -0.334. The van der Waals surface area contributed by atoms with Crippen LogP contribution in [-0.4, -0.2) is 20.3 Å². The van der Waals surface area contributed by atoms with E-state index in [1.54, 1.807) is 0 Å². The molecule has 0 spiro atoms. The molecule has 1 aromatic rings. The lowest BCUT2D eigenvalue weighted by molar-refractivity contribution is 0.292. The van der Waals surface area contributed by atoms with Crippen LogP contribution in [0.1, 0.15) is 27.2 Å². The quantitative estimate of drug-likeness (QED) is 0.849. The van der Waals surface area contributed by atoms with Gasteiger partial charge in [0.05, 0.1) is 0 Å². The first-order valence-electron chi connectivity index (χ1n) is 6.01. The fourth-order valence-electron chi connectivity index (χ4n) is 1.69. The lowest BCUT2D eigenvalue weighted by Crippen LogP contribution is -2.44. The number of benzene rings is 1. The van der Waals surface area contributed by atoms with Crippen LogP contribution in [0.3, 0.4) is 0 Å². The van der Waals surface area contributed by atoms with Gasteiger partial charge in [0.2, 0.25) is 10.0 Å². The highest BCUT2D eigenvalue weighted by Crippen LogP contribution is 2.24. The number of halogens is 2. The number of rotatable bonds is 5. The summed E-state index contributed by atoms with van der Waals surface area (Å²) < 4.78 is 40.5. The maximum atomic E-state index is 13.6. The predicted molar refractivity (Wildman–Crippen MR) is 75.3 cm³/mol. The van der Waals surface area contributed by atoms with E-state index in [4.69, 9.17) is 11.6 Å². The maximum absolute atomic E-state index is 13.6. The van der Waals surface area contributed by atoms with E-state index in [0.717, 1.165) is 6.07 Å². The molecule has 0 bridgehead atoms. The number of sulfonamides is 1. The van der Waals surface area contributed by atoms with Gasteiger partial charge in [0.15, 0.2) is 0 Å². The van der Waals surface area contributed by atoms with Crippen molar-refractivity contribution in [2.75, 3.05) is 5.88 Å². The molecule has 0 aromatic heterocycles. The van der Waals surface area contributed by atoms with Gasteiger partial charge in [-0.15, -0.1) is 11.6 Å². The fourth-order valence-corrected chi connectivity index (χ4v) is 3.46. The number of alkyl halides is 1. The lowest BCUT2D eigenvalue weighted by Gasteiger charge is -2.30. The number of nitrogens with one attached hydrogen (secondary N) is 1. The third kappa shape index (κ3) is 4.44. The molecule has 0 saturated heterocycles. The molecule has 0 amide bonds. The van der Waals surface area contributed by atoms with E-state index in [-0.39, 0.29) is 16.4 Å². The zero-order chi connectivity index (χ0) is 14.7. The summed E-state index contributed by atoms with van der Waals surface area (Å²) in [5.74, 6) is -0.421. The molecule has 6 heteroatoms. The fraction of sp³-hybridized carbons (Fsp3) is 0.538. The standard InChI is InChI=1S/C13H19ClFNO2S/c1-13(2,3)12(8-9-14)16-19(17,18)11-7-5-4-6-10(11)15/h4-7,12,16H,8-9H2,1-3H3. The third-order valence-corrected chi connectivity index (χ3v) is 4.59. The van der Waals surface area contributed by atoms with E-state index in [1.807, 2.05) is 20.8 Å². The summed E-state index contributed by atoms with van der Waals surface area (Å²) in [5, 5.41) is 0. The highest BCUT2D eigenvalue weighted by atomic mass is 35.5. The van der Waals surface area contributed by atoms with Gasteiger partial charge in [-0.1, -0.05) is 32.9 Å². The molecule has 1 N–H and O–H groups in total. The minimum Gasteiger partial charge on any atom is -0.207 e. The molecule has 1 rings (SSSR count). The SMILES string of the molecule is CC(C)(C)C(CCCl)NS(=O)(=O)c1ccccc1F. The van der Waals surface area contributed by atoms with Crippen molar-refractivity contribution in [1.82, 2.24) is 4.72 Å². The Morgan fingerprint density at radius 2 is 1.89 bits per heavy atom. The van der Waals surface area contributed by atoms with Crippen LogP contribution in [0, 0.1) is 11.2 Å². The predicted octanol–water partition coefficient (Wildman–Crippen LogP) is 3.15. The molecule has 0 aliphatic rings. The molecule has 108 valence electrons. The molecule has 0 heterocycles. The molecule has 1 aromatic carbocycles. The van der Waals surface area contributed by atoms with Gasteiger partial charge in [0, 0.05) is 11.9 Å². The van der Waals surface area contributed by atoms with Crippen molar-refractivity contribution in [2.45, 2.75) is 38.1 Å². The van der Waals surface area contributed by atoms with Gasteiger partial charge in [-0.3, -0.25) is 0 Å². The normalized spacial score (nSPS) is 14.4. The molecular weight excluding hydrogens is 289 g/mol. The van der Waals surface area contributed by atoms with Crippen molar-refractivity contribution < 1.29 is 12.8 Å². The molecule has 0 aliphatic carbocycles. The molecular formula is C13H19ClFNO2S. The van der Waals surface area contributed by atoms with Crippen LogP contribution in [0.2, 0.25) is 0 Å². The zero-order valence-electron chi connectivity index (χ0n) is 11.3. The van der Waals surface area contributed by atoms with Crippen molar-refractivity contribution in [3.8, 4) is 0 Å². The average Bonchev–Trinajstić information content (AvgIpc) is 2.27. The Labute approximate surface area is 119 Å². The summed E-state index contributed by atoms with van der Waals surface area (Å²) >= 11 is 5.70. The van der Waals surface area contributed by atoms with Crippen molar-refractivity contribution in [3.05, 3.63) is 30.1 Å². The van der Waals surface area contributed by atoms with Crippen LogP contribution in [0.15, 0.2) is 29.2 Å². The van der Waals surface area contributed by atoms with Gasteiger partial charge >= 0.3 is 0 Å². The Morgan fingerprint density at radius 3 is 2.37 bits per heavy atom. The average molecular weight is 308 g/mol. The van der Waals surface area contributed by atoms with Crippen molar-refractivity contribution in [1.29, 1.82) is 0 Å². The third-order valence-electron chi connectivity index (χ3n) is 2.87. The van der Waals surface area contributed by atoms with Crippen LogP contribution in [-0.2, 0) is 10.0 Å². The first-order valence-corrected chi connectivity index (χ1v) is 8.03. The molecule has 1 unspecified atom stereocenters. The highest BCUT2D eigenvalue weighted by molar-refractivity contribution is 7.89. The van der Waals surface area contributed by atoms with E-state index >= 15 is 0 Å². The van der Waals surface area contributed by atoms with Crippen LogP contribution in [0.25, 0.3) is 0 Å². The van der Waals surface area contributed by atoms with Crippen molar-refractivity contribution in [2.24, 2.45) is 5.41 Å². The van der Waals surface area contributed by atoms with Crippen molar-refractivity contribution in [3.63, 3.8) is 0 Å². The van der Waals surface area contributed by atoms with E-state index in [1.165, 1.54) is 18.2 Å². The second-order valence-electron chi connectivity index (χ2n) is 5.45. The largest absolute Gasteiger partial charge is 0.243 e. The first-order chi connectivity index (χ1) is 8.68.